The van der Waals surface area contributed by atoms with Gasteiger partial charge in [0, 0.05) is 11.3 Å². The molecule has 2 N–H and O–H groups in total. The van der Waals surface area contributed by atoms with Gasteiger partial charge in [-0.25, -0.2) is 4.79 Å². The van der Waals surface area contributed by atoms with E-state index in [0.717, 1.165) is 0 Å². The van der Waals surface area contributed by atoms with E-state index in [1.54, 1.807) is 37.4 Å². The fourth-order valence-corrected chi connectivity index (χ4v) is 2.25. The summed E-state index contributed by atoms with van der Waals surface area (Å²) in [5, 5.41) is 11.5. The standard InChI is InChI=1S/C15H12BrNO4/c1-21-13-7-4-10(8-12(13)16)14(18)17-11-5-2-9(3-6-11)15(19)20/h2-8H,1H3,(H,17,18)(H,19,20). The number of anilines is 1. The number of methoxy groups -OCH3 is 1. The number of hydrogen-bond donors (Lipinski definition) is 2. The van der Waals surface area contributed by atoms with Gasteiger partial charge in [0.1, 0.15) is 5.75 Å². The largest absolute Gasteiger partial charge is 0.496 e. The lowest BCUT2D eigenvalue weighted by molar-refractivity contribution is 0.0696. The summed E-state index contributed by atoms with van der Waals surface area (Å²) in [5.74, 6) is -0.661. The third kappa shape index (κ3) is 3.61. The van der Waals surface area contributed by atoms with Crippen molar-refractivity contribution >= 4 is 33.5 Å². The van der Waals surface area contributed by atoms with Gasteiger partial charge in [0.05, 0.1) is 17.1 Å². The minimum atomic E-state index is -1.01. The number of nitrogens with one attached hydrogen (secondary N) is 1. The van der Waals surface area contributed by atoms with Crippen molar-refractivity contribution in [2.75, 3.05) is 12.4 Å². The third-order valence-electron chi connectivity index (χ3n) is 2.80. The van der Waals surface area contributed by atoms with E-state index >= 15 is 0 Å². The molecule has 6 heteroatoms. The Labute approximate surface area is 129 Å². The molecule has 108 valence electrons. The number of halogens is 1. The molecular formula is C15H12BrNO4. The number of carbonyl (C=O) groups excluding carboxylic acids is 1. The fourth-order valence-electron chi connectivity index (χ4n) is 1.71. The zero-order valence-electron chi connectivity index (χ0n) is 11.1. The summed E-state index contributed by atoms with van der Waals surface area (Å²) in [6.45, 7) is 0. The van der Waals surface area contributed by atoms with Crippen molar-refractivity contribution in [2.45, 2.75) is 0 Å². The Bertz CT molecular complexity index is 683. The molecule has 0 atom stereocenters. The van der Waals surface area contributed by atoms with Gasteiger partial charge in [0.25, 0.3) is 5.91 Å². The van der Waals surface area contributed by atoms with Crippen molar-refractivity contribution in [1.29, 1.82) is 0 Å². The zero-order chi connectivity index (χ0) is 15.4. The molecule has 0 saturated heterocycles. The van der Waals surface area contributed by atoms with E-state index in [1.165, 1.54) is 12.1 Å². The monoisotopic (exact) mass is 349 g/mol. The highest BCUT2D eigenvalue weighted by atomic mass is 79.9. The van der Waals surface area contributed by atoms with Crippen LogP contribution in [0.5, 0.6) is 5.75 Å². The lowest BCUT2D eigenvalue weighted by Crippen LogP contribution is -2.12. The Morgan fingerprint density at radius 2 is 1.71 bits per heavy atom. The summed E-state index contributed by atoms with van der Waals surface area (Å²) in [6, 6.07) is 10.9. The molecule has 0 fully saturated rings. The molecule has 0 aliphatic rings. The molecule has 1 amide bonds. The summed E-state index contributed by atoms with van der Waals surface area (Å²) >= 11 is 3.32. The molecule has 2 aromatic rings. The minimum absolute atomic E-state index is 0.167. The van der Waals surface area contributed by atoms with Crippen LogP contribution in [0.1, 0.15) is 20.7 Å². The first kappa shape index (κ1) is 15.1. The van der Waals surface area contributed by atoms with Crippen LogP contribution in [-0.4, -0.2) is 24.1 Å². The number of aromatic carboxylic acids is 1. The Morgan fingerprint density at radius 3 is 2.24 bits per heavy atom. The Balaban J connectivity index is 2.14. The number of ether oxygens (including phenoxy) is 1. The fraction of sp³-hybridized carbons (Fsp3) is 0.0667. The van der Waals surface area contributed by atoms with Crippen LogP contribution >= 0.6 is 15.9 Å². The number of carboxylic acid groups (broad SMARTS) is 1. The Hall–Kier alpha value is -2.34. The average Bonchev–Trinajstić information content (AvgIpc) is 2.47. The Morgan fingerprint density at radius 1 is 1.10 bits per heavy atom. The van der Waals surface area contributed by atoms with Crippen LogP contribution in [0.3, 0.4) is 0 Å². The van der Waals surface area contributed by atoms with Crippen LogP contribution in [0.2, 0.25) is 0 Å². The number of carboxylic acids is 1. The van der Waals surface area contributed by atoms with Gasteiger partial charge < -0.3 is 15.2 Å². The van der Waals surface area contributed by atoms with Crippen molar-refractivity contribution in [2.24, 2.45) is 0 Å². The molecule has 0 saturated carbocycles. The maximum atomic E-state index is 12.1. The summed E-state index contributed by atoms with van der Waals surface area (Å²) in [7, 11) is 1.55. The van der Waals surface area contributed by atoms with E-state index in [9.17, 15) is 9.59 Å². The molecule has 5 nitrogen and oxygen atoms in total. The first-order chi connectivity index (χ1) is 10.0. The van der Waals surface area contributed by atoms with Crippen LogP contribution in [0, 0.1) is 0 Å². The minimum Gasteiger partial charge on any atom is -0.496 e. The van der Waals surface area contributed by atoms with Gasteiger partial charge in [-0.3, -0.25) is 4.79 Å². The van der Waals surface area contributed by atoms with E-state index < -0.39 is 5.97 Å². The first-order valence-corrected chi connectivity index (χ1v) is 6.79. The SMILES string of the molecule is COc1ccc(C(=O)Nc2ccc(C(=O)O)cc2)cc1Br. The average molecular weight is 350 g/mol. The summed E-state index contributed by atoms with van der Waals surface area (Å²) in [6.07, 6.45) is 0. The molecule has 2 aromatic carbocycles. The van der Waals surface area contributed by atoms with Gasteiger partial charge in [0.15, 0.2) is 0 Å². The Kier molecular flexibility index (Phi) is 4.59. The van der Waals surface area contributed by atoms with Crippen molar-refractivity contribution in [1.82, 2.24) is 0 Å². The lowest BCUT2D eigenvalue weighted by Gasteiger charge is -2.08. The van der Waals surface area contributed by atoms with E-state index in [-0.39, 0.29) is 11.5 Å². The number of rotatable bonds is 4. The van der Waals surface area contributed by atoms with Crippen LogP contribution in [0.25, 0.3) is 0 Å². The van der Waals surface area contributed by atoms with E-state index in [4.69, 9.17) is 9.84 Å². The molecule has 0 bridgehead atoms. The maximum Gasteiger partial charge on any atom is 0.335 e. The molecule has 0 spiro atoms. The second kappa shape index (κ2) is 6.41. The molecule has 0 aliphatic heterocycles. The van der Waals surface area contributed by atoms with Crippen LogP contribution < -0.4 is 10.1 Å². The van der Waals surface area contributed by atoms with Crippen molar-refractivity contribution < 1.29 is 19.4 Å². The second-order valence-corrected chi connectivity index (χ2v) is 5.04. The van der Waals surface area contributed by atoms with Crippen molar-refractivity contribution in [3.05, 3.63) is 58.1 Å². The molecule has 0 aromatic heterocycles. The highest BCUT2D eigenvalue weighted by Crippen LogP contribution is 2.25. The van der Waals surface area contributed by atoms with E-state index in [2.05, 4.69) is 21.2 Å². The first-order valence-electron chi connectivity index (χ1n) is 5.99. The van der Waals surface area contributed by atoms with Gasteiger partial charge in [-0.2, -0.15) is 0 Å². The highest BCUT2D eigenvalue weighted by molar-refractivity contribution is 9.10. The summed E-state index contributed by atoms with van der Waals surface area (Å²) in [5.41, 5.74) is 1.15. The van der Waals surface area contributed by atoms with Gasteiger partial charge >= 0.3 is 5.97 Å². The van der Waals surface area contributed by atoms with Gasteiger partial charge in [-0.05, 0) is 58.4 Å². The predicted octanol–water partition coefficient (Wildman–Crippen LogP) is 3.41. The number of amides is 1. The number of hydrogen-bond acceptors (Lipinski definition) is 3. The number of benzene rings is 2. The van der Waals surface area contributed by atoms with Gasteiger partial charge in [-0.15, -0.1) is 0 Å². The molecule has 2 rings (SSSR count). The van der Waals surface area contributed by atoms with Gasteiger partial charge in [-0.1, -0.05) is 0 Å². The predicted molar refractivity (Wildman–Crippen MR) is 82.0 cm³/mol. The molecule has 0 unspecified atom stereocenters. The maximum absolute atomic E-state index is 12.1. The molecule has 0 radical (unpaired) electrons. The zero-order valence-corrected chi connectivity index (χ0v) is 12.7. The molecule has 21 heavy (non-hydrogen) atoms. The normalized spacial score (nSPS) is 10.0. The van der Waals surface area contributed by atoms with Crippen molar-refractivity contribution in [3.63, 3.8) is 0 Å². The quantitative estimate of drug-likeness (QED) is 0.886. The summed E-state index contributed by atoms with van der Waals surface area (Å²) < 4.78 is 5.78. The smallest absolute Gasteiger partial charge is 0.335 e. The van der Waals surface area contributed by atoms with E-state index in [1.807, 2.05) is 0 Å². The second-order valence-electron chi connectivity index (χ2n) is 4.19. The van der Waals surface area contributed by atoms with Crippen LogP contribution in [0.4, 0.5) is 5.69 Å². The van der Waals surface area contributed by atoms with E-state index in [0.29, 0.717) is 21.5 Å². The van der Waals surface area contributed by atoms with Crippen LogP contribution in [-0.2, 0) is 0 Å². The van der Waals surface area contributed by atoms with Crippen molar-refractivity contribution in [3.8, 4) is 5.75 Å². The summed E-state index contributed by atoms with van der Waals surface area (Å²) in [4.78, 5) is 22.8. The molecular weight excluding hydrogens is 338 g/mol. The highest BCUT2D eigenvalue weighted by Gasteiger charge is 2.10. The number of carbonyl (C=O) groups is 2. The van der Waals surface area contributed by atoms with Crippen LogP contribution in [0.15, 0.2) is 46.9 Å². The molecule has 0 aliphatic carbocycles. The molecule has 0 heterocycles. The lowest BCUT2D eigenvalue weighted by atomic mass is 10.2. The third-order valence-corrected chi connectivity index (χ3v) is 3.42. The topological polar surface area (TPSA) is 75.6 Å². The van der Waals surface area contributed by atoms with Gasteiger partial charge in [0.2, 0.25) is 0 Å².